The first kappa shape index (κ1) is 111. The molecular formula is C91H97N5O5Ti5. The normalized spacial score (nSPS) is 9.42. The van der Waals surface area contributed by atoms with Crippen LogP contribution in [-0.4, -0.2) is 56.6 Å². The van der Waals surface area contributed by atoms with Crippen molar-refractivity contribution in [1.82, 2.24) is 0 Å². The number of fused-ring (bicyclic) bond motifs is 2. The summed E-state index contributed by atoms with van der Waals surface area (Å²) in [5.41, 5.74) is 11.9. The fraction of sp³-hybridized carbons (Fsp3) is 0.0220. The summed E-state index contributed by atoms with van der Waals surface area (Å²) in [6.07, 6.45) is 8.45. The molecule has 106 heavy (non-hydrogen) atoms. The Morgan fingerprint density at radius 1 is 0.236 bits per heavy atom. The Morgan fingerprint density at radius 2 is 0.566 bits per heavy atom. The summed E-state index contributed by atoms with van der Waals surface area (Å²) in [4.78, 5) is 21.9. The van der Waals surface area contributed by atoms with Crippen LogP contribution < -0.4 is 0 Å². The molecule has 5 N–H and O–H groups in total. The van der Waals surface area contributed by atoms with Crippen molar-refractivity contribution in [2.24, 2.45) is 25.0 Å². The van der Waals surface area contributed by atoms with Crippen LogP contribution >= 0.6 is 0 Å². The standard InChI is InChI=1S/C19H15NO.2C17H13NO.2C14H13NO.10CH3.5Ti/c21-19-16(14-20-17-11-5-2-6-12-17)10-7-13-18(19)15-8-3-1-4-9-15;19-17-11-4-2-7-14(17)12-18-16-10-5-8-13-6-1-3-9-15(13)16;19-17-11-10-13-6-4-5-9-15(13)16(17)12-18-14-7-2-1-3-8-14;1-11-6-2-4-8-13(11)15-10-12-7-3-5-9-14(12)16;1-11-6-5-7-12(14(11)16)10-15-13-8-3-2-4-9-13;;;;;;;;;;;;;;;/h1-14,21H;2*1-12,19H;2*2-10,16H,1H3;10*1H3;;;;;/q;;;;;10*-1;5*+2. The van der Waals surface area contributed by atoms with Gasteiger partial charge in [-0.05, 0) is 138 Å². The van der Waals surface area contributed by atoms with Crippen molar-refractivity contribution in [3.8, 4) is 39.9 Å². The molecule has 0 fully saturated rings. The van der Waals surface area contributed by atoms with Crippen molar-refractivity contribution in [2.45, 2.75) is 13.8 Å². The predicted molar refractivity (Wildman–Crippen MR) is 443 cm³/mol. The second-order valence-corrected chi connectivity index (χ2v) is 20.5. The Morgan fingerprint density at radius 3 is 1.06 bits per heavy atom. The molecule has 13 aromatic carbocycles. The zero-order valence-corrected chi connectivity index (χ0v) is 70.6. The fourth-order valence-electron chi connectivity index (χ4n) is 9.19. The number of aromatic hydroxyl groups is 5. The maximum atomic E-state index is 10.4. The molecular weight excluding hydrogens is 1480 g/mol. The molecule has 0 unspecified atom stereocenters. The van der Waals surface area contributed by atoms with Crippen LogP contribution in [0.3, 0.4) is 0 Å². The van der Waals surface area contributed by atoms with Crippen LogP contribution in [0.1, 0.15) is 38.9 Å². The van der Waals surface area contributed by atoms with Gasteiger partial charge in [-0.1, -0.05) is 218 Å². The zero-order valence-electron chi connectivity index (χ0n) is 62.8. The van der Waals surface area contributed by atoms with Crippen molar-refractivity contribution in [3.63, 3.8) is 0 Å². The summed E-state index contributed by atoms with van der Waals surface area (Å²) in [7, 11) is 0. The first-order valence-corrected chi connectivity index (χ1v) is 29.4. The van der Waals surface area contributed by atoms with E-state index in [0.717, 1.165) is 94.5 Å². The van der Waals surface area contributed by atoms with Gasteiger partial charge in [-0.3, -0.25) is 25.0 Å². The minimum atomic E-state index is 0. The van der Waals surface area contributed by atoms with E-state index in [2.05, 4.69) is 37.1 Å². The van der Waals surface area contributed by atoms with E-state index in [9.17, 15) is 25.5 Å². The number of aliphatic imine (C=N–C) groups is 5. The molecule has 0 aliphatic heterocycles. The summed E-state index contributed by atoms with van der Waals surface area (Å²) in [6.45, 7) is 3.88. The Labute approximate surface area is 709 Å². The van der Waals surface area contributed by atoms with E-state index < -0.39 is 0 Å². The maximum absolute atomic E-state index is 10.4. The number of hydrogen-bond acceptors (Lipinski definition) is 10. The van der Waals surface area contributed by atoms with Crippen LogP contribution in [0, 0.1) is 88.1 Å². The Bertz CT molecular complexity index is 4590. The van der Waals surface area contributed by atoms with Crippen LogP contribution in [0.4, 0.5) is 28.4 Å². The van der Waals surface area contributed by atoms with Gasteiger partial charge in [0.25, 0.3) is 0 Å². The Hall–Kier alpha value is -8.70. The molecule has 0 atom stereocenters. The first-order valence-electron chi connectivity index (χ1n) is 29.4. The topological polar surface area (TPSA) is 163 Å². The van der Waals surface area contributed by atoms with Crippen LogP contribution in [0.15, 0.2) is 334 Å². The minimum absolute atomic E-state index is 0. The van der Waals surface area contributed by atoms with Crippen molar-refractivity contribution in [1.29, 1.82) is 0 Å². The van der Waals surface area contributed by atoms with Crippen LogP contribution in [0.25, 0.3) is 32.7 Å². The van der Waals surface area contributed by atoms with Crippen LogP contribution in [-0.2, 0) is 109 Å². The van der Waals surface area contributed by atoms with Crippen LogP contribution in [0.5, 0.6) is 28.7 Å². The zero-order chi connectivity index (χ0) is 63.4. The molecule has 15 heteroatoms. The fourth-order valence-corrected chi connectivity index (χ4v) is 9.19. The minimum Gasteiger partial charge on any atom is -0.507 e. The molecule has 0 bridgehead atoms. The van der Waals surface area contributed by atoms with E-state index in [1.165, 1.54) is 0 Å². The van der Waals surface area contributed by atoms with E-state index >= 15 is 0 Å². The van der Waals surface area contributed by atoms with E-state index in [-0.39, 0.29) is 206 Å². The Kier molecular flexibility index (Phi) is 62.1. The van der Waals surface area contributed by atoms with Crippen LogP contribution in [0.2, 0.25) is 0 Å². The van der Waals surface area contributed by atoms with Gasteiger partial charge < -0.3 is 99.8 Å². The average Bonchev–Trinajstić information content (AvgIpc) is 0.933. The van der Waals surface area contributed by atoms with E-state index in [4.69, 9.17) is 0 Å². The molecule has 0 saturated heterocycles. The molecule has 0 saturated carbocycles. The number of nitrogens with zero attached hydrogens (tertiary/aromatic N) is 5. The molecule has 0 aromatic heterocycles. The number of phenolic OH excluding ortho intramolecular Hbond substituents is 5. The van der Waals surface area contributed by atoms with Gasteiger partial charge in [0.1, 0.15) is 28.7 Å². The van der Waals surface area contributed by atoms with Gasteiger partial charge in [0, 0.05) is 69.8 Å². The molecule has 0 amide bonds. The molecule has 0 radical (unpaired) electrons. The second kappa shape index (κ2) is 59.4. The van der Waals surface area contributed by atoms with Crippen molar-refractivity contribution < 1.29 is 134 Å². The summed E-state index contributed by atoms with van der Waals surface area (Å²) in [6, 6.07) is 98.1. The van der Waals surface area contributed by atoms with Gasteiger partial charge >= 0.3 is 109 Å². The molecule has 0 aliphatic rings. The molecule has 0 spiro atoms. The monoisotopic (exact) mass is 1580 g/mol. The molecule has 13 aromatic rings. The molecule has 0 aliphatic carbocycles. The number of rotatable bonds is 11. The number of phenols is 5. The average molecular weight is 1580 g/mol. The number of hydrogen-bond donors (Lipinski definition) is 5. The van der Waals surface area contributed by atoms with E-state index in [0.29, 0.717) is 11.3 Å². The molecule has 13 rings (SSSR count). The summed E-state index contributed by atoms with van der Waals surface area (Å²) in [5, 5.41) is 53.8. The van der Waals surface area contributed by atoms with Gasteiger partial charge in [-0.25, -0.2) is 0 Å². The van der Waals surface area contributed by atoms with Gasteiger partial charge in [-0.2, -0.15) is 0 Å². The third-order valence-electron chi connectivity index (χ3n) is 14.1. The van der Waals surface area contributed by atoms with Gasteiger partial charge in [-0.15, -0.1) is 0 Å². The van der Waals surface area contributed by atoms with Crippen molar-refractivity contribution in [2.75, 3.05) is 0 Å². The van der Waals surface area contributed by atoms with Gasteiger partial charge in [0.2, 0.25) is 0 Å². The number of benzene rings is 13. The summed E-state index contributed by atoms with van der Waals surface area (Å²) < 4.78 is 0. The van der Waals surface area contributed by atoms with Crippen molar-refractivity contribution >= 4 is 81.1 Å². The van der Waals surface area contributed by atoms with E-state index in [1.807, 2.05) is 281 Å². The number of para-hydroxylation sites is 8. The van der Waals surface area contributed by atoms with Gasteiger partial charge in [0.15, 0.2) is 0 Å². The summed E-state index contributed by atoms with van der Waals surface area (Å²) >= 11 is 0. The first-order chi connectivity index (χ1) is 44.6. The van der Waals surface area contributed by atoms with E-state index in [1.54, 1.807) is 61.4 Å². The smallest absolute Gasteiger partial charge is 0.507 e. The quantitative estimate of drug-likeness (QED) is 0.0494. The largest absolute Gasteiger partial charge is 2.00 e. The second-order valence-electron chi connectivity index (χ2n) is 20.5. The predicted octanol–water partition coefficient (Wildman–Crippen LogP) is 24.8. The number of aryl methyl sites for hydroxylation is 2. The Balaban J connectivity index is -0.000000224. The SMILES string of the molecule is Cc1cccc(C=Nc2ccccc2)c1O.Cc1ccccc1N=Cc1ccccc1O.Oc1c(C=Nc2ccccc2)cccc1-c1ccccc1.Oc1ccc2ccccc2c1C=Nc1ccccc1.Oc1ccccc1C=Nc1cccc2ccccc12.[CH3-].[CH3-].[CH3-].[CH3-].[CH3-].[CH3-].[CH3-].[CH3-].[CH3-].[CH3-].[Ti+2].[Ti+2].[Ti+2].[Ti+2].[Ti+2]. The summed E-state index contributed by atoms with van der Waals surface area (Å²) in [5.74, 6) is 1.29. The molecule has 536 valence electrons. The third kappa shape index (κ3) is 33.8. The third-order valence-corrected chi connectivity index (χ3v) is 14.1. The van der Waals surface area contributed by atoms with Crippen molar-refractivity contribution in [3.05, 3.63) is 423 Å². The molecule has 0 heterocycles. The molecule has 10 nitrogen and oxygen atoms in total. The maximum Gasteiger partial charge on any atom is 2.00 e. The van der Waals surface area contributed by atoms with Gasteiger partial charge in [0.05, 0.1) is 28.4 Å².